The molecule has 0 atom stereocenters. The van der Waals surface area contributed by atoms with E-state index in [1.54, 1.807) is 17.0 Å². The molecule has 1 heterocycles. The molecule has 1 aliphatic rings. The molecular formula is C19H21ClN4O3. The molecule has 1 saturated heterocycles. The summed E-state index contributed by atoms with van der Waals surface area (Å²) >= 11 is 6.03. The molecule has 8 heteroatoms. The van der Waals surface area contributed by atoms with Crippen LogP contribution in [-0.4, -0.2) is 54.7 Å². The summed E-state index contributed by atoms with van der Waals surface area (Å²) in [5.74, 6) is -0.291. The van der Waals surface area contributed by atoms with Crippen LogP contribution in [0.4, 0.5) is 16.2 Å². The number of nitrogens with zero attached hydrogens (tertiary/aromatic N) is 2. The van der Waals surface area contributed by atoms with Crippen LogP contribution in [0.3, 0.4) is 0 Å². The van der Waals surface area contributed by atoms with Gasteiger partial charge in [-0.1, -0.05) is 23.7 Å². The molecule has 3 rings (SSSR count). The van der Waals surface area contributed by atoms with Crippen LogP contribution in [0.15, 0.2) is 48.5 Å². The van der Waals surface area contributed by atoms with Crippen molar-refractivity contribution in [2.75, 3.05) is 42.9 Å². The van der Waals surface area contributed by atoms with Crippen molar-refractivity contribution in [2.24, 2.45) is 0 Å². The van der Waals surface area contributed by atoms with Crippen LogP contribution in [-0.2, 0) is 4.79 Å². The van der Waals surface area contributed by atoms with E-state index in [4.69, 9.17) is 11.6 Å². The van der Waals surface area contributed by atoms with E-state index < -0.39 is 0 Å². The number of urea groups is 1. The van der Waals surface area contributed by atoms with Crippen molar-refractivity contribution in [3.05, 3.63) is 53.6 Å². The number of carbonyl (C=O) groups excluding carboxylic acids is 2. The molecule has 142 valence electrons. The van der Waals surface area contributed by atoms with Crippen molar-refractivity contribution in [3.63, 3.8) is 0 Å². The quantitative estimate of drug-likeness (QED) is 0.751. The fourth-order valence-corrected chi connectivity index (χ4v) is 3.08. The van der Waals surface area contributed by atoms with Crippen molar-refractivity contribution in [1.29, 1.82) is 0 Å². The van der Waals surface area contributed by atoms with E-state index in [9.17, 15) is 14.7 Å². The van der Waals surface area contributed by atoms with E-state index in [1.807, 2.05) is 24.3 Å². The standard InChI is InChI=1S/C19H21ClN4O3/c20-14-3-1-5-16(11-14)23-7-9-24(10-8-23)19(27)21-13-18(26)22-15-4-2-6-17(25)12-15/h1-6,11-12,25H,7-10,13H2,(H,21,27)(H,22,26). The zero-order valence-corrected chi connectivity index (χ0v) is 15.4. The van der Waals surface area contributed by atoms with Gasteiger partial charge < -0.3 is 25.5 Å². The lowest BCUT2D eigenvalue weighted by Gasteiger charge is -2.36. The number of phenolic OH excluding ortho intramolecular Hbond substituents is 1. The Balaban J connectivity index is 1.43. The van der Waals surface area contributed by atoms with Gasteiger partial charge in [-0.2, -0.15) is 0 Å². The van der Waals surface area contributed by atoms with Crippen LogP contribution < -0.4 is 15.5 Å². The number of amides is 3. The predicted octanol–water partition coefficient (Wildman–Crippen LogP) is 2.52. The lowest BCUT2D eigenvalue weighted by molar-refractivity contribution is -0.115. The number of carbonyl (C=O) groups is 2. The molecule has 0 bridgehead atoms. The molecule has 0 spiro atoms. The number of hydrogen-bond donors (Lipinski definition) is 3. The van der Waals surface area contributed by atoms with E-state index in [2.05, 4.69) is 15.5 Å². The summed E-state index contributed by atoms with van der Waals surface area (Å²) in [4.78, 5) is 28.0. The Kier molecular flexibility index (Phi) is 6.03. The van der Waals surface area contributed by atoms with Gasteiger partial charge in [0.15, 0.2) is 0 Å². The van der Waals surface area contributed by atoms with E-state index in [1.165, 1.54) is 12.1 Å². The summed E-state index contributed by atoms with van der Waals surface area (Å²) in [6, 6.07) is 13.6. The number of rotatable bonds is 4. The van der Waals surface area contributed by atoms with Gasteiger partial charge in [0.2, 0.25) is 5.91 Å². The Hall–Kier alpha value is -2.93. The fraction of sp³-hybridized carbons (Fsp3) is 0.263. The first-order chi connectivity index (χ1) is 13.0. The number of aromatic hydroxyl groups is 1. The molecule has 3 N–H and O–H groups in total. The highest BCUT2D eigenvalue weighted by molar-refractivity contribution is 6.30. The van der Waals surface area contributed by atoms with Gasteiger partial charge in [0.1, 0.15) is 5.75 Å². The van der Waals surface area contributed by atoms with E-state index in [-0.39, 0.29) is 24.2 Å². The van der Waals surface area contributed by atoms with Crippen LogP contribution in [0.5, 0.6) is 5.75 Å². The highest BCUT2D eigenvalue weighted by Crippen LogP contribution is 2.20. The van der Waals surface area contributed by atoms with Crippen LogP contribution in [0.2, 0.25) is 5.02 Å². The third-order valence-corrected chi connectivity index (χ3v) is 4.51. The number of anilines is 2. The highest BCUT2D eigenvalue weighted by atomic mass is 35.5. The third-order valence-electron chi connectivity index (χ3n) is 4.27. The molecular weight excluding hydrogens is 368 g/mol. The van der Waals surface area contributed by atoms with Gasteiger partial charge in [0, 0.05) is 48.6 Å². The van der Waals surface area contributed by atoms with Crippen LogP contribution in [0.25, 0.3) is 0 Å². The minimum Gasteiger partial charge on any atom is -0.508 e. The van der Waals surface area contributed by atoms with E-state index >= 15 is 0 Å². The highest BCUT2D eigenvalue weighted by Gasteiger charge is 2.21. The fourth-order valence-electron chi connectivity index (χ4n) is 2.90. The number of halogens is 1. The van der Waals surface area contributed by atoms with Gasteiger partial charge >= 0.3 is 6.03 Å². The summed E-state index contributed by atoms with van der Waals surface area (Å²) in [6.45, 7) is 2.38. The Morgan fingerprint density at radius 3 is 2.48 bits per heavy atom. The van der Waals surface area contributed by atoms with Gasteiger partial charge in [-0.05, 0) is 30.3 Å². The molecule has 0 unspecified atom stereocenters. The van der Waals surface area contributed by atoms with Crippen molar-refractivity contribution in [2.45, 2.75) is 0 Å². The topological polar surface area (TPSA) is 84.9 Å². The van der Waals surface area contributed by atoms with Crippen LogP contribution in [0, 0.1) is 0 Å². The molecule has 1 fully saturated rings. The van der Waals surface area contributed by atoms with Gasteiger partial charge in [0.25, 0.3) is 0 Å². The first kappa shape index (κ1) is 18.8. The van der Waals surface area contributed by atoms with Crippen LogP contribution in [0.1, 0.15) is 0 Å². The summed E-state index contributed by atoms with van der Waals surface area (Å²) in [7, 11) is 0. The molecule has 7 nitrogen and oxygen atoms in total. The summed E-state index contributed by atoms with van der Waals surface area (Å²) in [5.41, 5.74) is 1.51. The lowest BCUT2D eigenvalue weighted by Crippen LogP contribution is -2.52. The Morgan fingerprint density at radius 1 is 1.04 bits per heavy atom. The molecule has 0 saturated carbocycles. The normalized spacial score (nSPS) is 14.0. The molecule has 2 aromatic carbocycles. The lowest BCUT2D eigenvalue weighted by atomic mass is 10.2. The van der Waals surface area contributed by atoms with E-state index in [0.717, 1.165) is 5.69 Å². The second-order valence-electron chi connectivity index (χ2n) is 6.21. The molecule has 2 aromatic rings. The molecule has 0 aliphatic carbocycles. The maximum Gasteiger partial charge on any atom is 0.317 e. The smallest absolute Gasteiger partial charge is 0.317 e. The van der Waals surface area contributed by atoms with Crippen molar-refractivity contribution in [3.8, 4) is 5.75 Å². The average Bonchev–Trinajstić information content (AvgIpc) is 2.66. The van der Waals surface area contributed by atoms with Crippen molar-refractivity contribution < 1.29 is 14.7 Å². The summed E-state index contributed by atoms with van der Waals surface area (Å²) in [6.07, 6.45) is 0. The van der Waals surface area contributed by atoms with Crippen molar-refractivity contribution in [1.82, 2.24) is 10.2 Å². The Morgan fingerprint density at radius 2 is 1.78 bits per heavy atom. The SMILES string of the molecule is O=C(CNC(=O)N1CCN(c2cccc(Cl)c2)CC1)Nc1cccc(O)c1. The minimum atomic E-state index is -0.355. The second kappa shape index (κ2) is 8.64. The Bertz CT molecular complexity index is 822. The second-order valence-corrected chi connectivity index (χ2v) is 6.65. The maximum absolute atomic E-state index is 12.3. The monoisotopic (exact) mass is 388 g/mol. The molecule has 1 aliphatic heterocycles. The number of hydrogen-bond acceptors (Lipinski definition) is 4. The first-order valence-electron chi connectivity index (χ1n) is 8.63. The zero-order chi connectivity index (χ0) is 19.2. The number of piperazine rings is 1. The zero-order valence-electron chi connectivity index (χ0n) is 14.7. The first-order valence-corrected chi connectivity index (χ1v) is 9.01. The minimum absolute atomic E-state index is 0.0643. The maximum atomic E-state index is 12.3. The van der Waals surface area contributed by atoms with E-state index in [0.29, 0.717) is 36.9 Å². The van der Waals surface area contributed by atoms with Gasteiger partial charge in [-0.3, -0.25) is 4.79 Å². The molecule has 0 aromatic heterocycles. The molecule has 0 radical (unpaired) electrons. The number of benzene rings is 2. The average molecular weight is 389 g/mol. The Labute approximate surface area is 162 Å². The van der Waals surface area contributed by atoms with Gasteiger partial charge in [-0.25, -0.2) is 4.79 Å². The van der Waals surface area contributed by atoms with Crippen LogP contribution >= 0.6 is 11.6 Å². The van der Waals surface area contributed by atoms with Gasteiger partial charge in [0.05, 0.1) is 6.54 Å². The number of phenols is 1. The number of nitrogens with one attached hydrogen (secondary N) is 2. The largest absolute Gasteiger partial charge is 0.508 e. The summed E-state index contributed by atoms with van der Waals surface area (Å²) < 4.78 is 0. The third kappa shape index (κ3) is 5.27. The molecule has 3 amide bonds. The van der Waals surface area contributed by atoms with Gasteiger partial charge in [-0.15, -0.1) is 0 Å². The molecule has 27 heavy (non-hydrogen) atoms. The summed E-state index contributed by atoms with van der Waals surface area (Å²) in [5, 5.41) is 15.3. The predicted molar refractivity (Wildman–Crippen MR) is 105 cm³/mol. The van der Waals surface area contributed by atoms with Crippen molar-refractivity contribution >= 4 is 34.9 Å².